The lowest BCUT2D eigenvalue weighted by atomic mass is 9.54. The van der Waals surface area contributed by atoms with E-state index in [0.29, 0.717) is 41.1 Å². The molecule has 178 valence electrons. The number of ketones is 1. The third kappa shape index (κ3) is 4.24. The van der Waals surface area contributed by atoms with E-state index in [4.69, 9.17) is 0 Å². The molecule has 2 aromatic rings. The Hall–Kier alpha value is -2.17. The van der Waals surface area contributed by atoms with Crippen molar-refractivity contribution in [2.24, 2.45) is 29.1 Å². The lowest BCUT2D eigenvalue weighted by Crippen LogP contribution is -2.44. The zero-order valence-corrected chi connectivity index (χ0v) is 20.5. The highest BCUT2D eigenvalue weighted by Crippen LogP contribution is 2.62. The monoisotopic (exact) mass is 449 g/mol. The third-order valence-electron chi connectivity index (χ3n) is 9.08. The number of rotatable bonds is 7. The first-order chi connectivity index (χ1) is 15.8. The van der Waals surface area contributed by atoms with E-state index in [2.05, 4.69) is 43.3 Å². The Labute approximate surface area is 198 Å². The first-order valence-electron chi connectivity index (χ1n) is 13.1. The molecule has 33 heavy (non-hydrogen) atoms. The van der Waals surface area contributed by atoms with E-state index in [1.165, 1.54) is 11.1 Å². The van der Waals surface area contributed by atoms with E-state index in [9.17, 15) is 9.90 Å². The Kier molecular flexibility index (Phi) is 6.09. The lowest BCUT2D eigenvalue weighted by Gasteiger charge is -2.50. The molecule has 1 heterocycles. The van der Waals surface area contributed by atoms with Gasteiger partial charge in [-0.3, -0.25) is 9.48 Å². The van der Waals surface area contributed by atoms with E-state index in [1.54, 1.807) is 0 Å². The highest BCUT2D eigenvalue weighted by Gasteiger charge is 2.58. The van der Waals surface area contributed by atoms with Gasteiger partial charge in [0.05, 0.1) is 5.69 Å². The summed E-state index contributed by atoms with van der Waals surface area (Å²) in [6.45, 7) is 7.64. The van der Waals surface area contributed by atoms with E-state index in [0.717, 1.165) is 70.0 Å². The summed E-state index contributed by atoms with van der Waals surface area (Å²) in [5, 5.41) is 18.6. The fraction of sp³-hybridized carbons (Fsp3) is 0.679. The fourth-order valence-electron chi connectivity index (χ4n) is 7.41. The Morgan fingerprint density at radius 2 is 2.12 bits per heavy atom. The second-order valence-electron chi connectivity index (χ2n) is 11.6. The molecule has 0 amide bonds. The standard InChI is InChI=1S/C28H39N3O2/c1-18(2)6-8-21-17-31(30-29-21)14-4-5-20-16-26(33)28(3)13-12-24-23-11-9-22(32)15-19(23)7-10-25(24)27(20)28/h9,11,15,17-18,20,24-25,27,32H,4-8,10,12-14,16H2,1-3H3/t20-,24-,25-,27+,28-/m1/s1. The van der Waals surface area contributed by atoms with Gasteiger partial charge in [-0.05, 0) is 104 Å². The first kappa shape index (κ1) is 22.6. The highest BCUT2D eigenvalue weighted by atomic mass is 16.3. The van der Waals surface area contributed by atoms with Gasteiger partial charge < -0.3 is 5.11 Å². The second-order valence-corrected chi connectivity index (χ2v) is 11.6. The number of carbonyl (C=O) groups is 1. The van der Waals surface area contributed by atoms with Crippen molar-refractivity contribution in [1.29, 1.82) is 0 Å². The Bertz CT molecular complexity index is 1010. The number of benzene rings is 1. The minimum Gasteiger partial charge on any atom is -0.508 e. The molecule has 2 fully saturated rings. The third-order valence-corrected chi connectivity index (χ3v) is 9.08. The van der Waals surface area contributed by atoms with Gasteiger partial charge in [-0.2, -0.15) is 0 Å². The van der Waals surface area contributed by atoms with Gasteiger partial charge >= 0.3 is 0 Å². The number of aryl methyl sites for hydroxylation is 3. The summed E-state index contributed by atoms with van der Waals surface area (Å²) in [6, 6.07) is 5.96. The first-order valence-corrected chi connectivity index (χ1v) is 13.1. The summed E-state index contributed by atoms with van der Waals surface area (Å²) in [5.74, 6) is 3.67. The number of hydrogen-bond acceptors (Lipinski definition) is 4. The van der Waals surface area contributed by atoms with Gasteiger partial charge in [0.2, 0.25) is 0 Å². The van der Waals surface area contributed by atoms with Crippen LogP contribution in [0.5, 0.6) is 5.75 Å². The number of fused-ring (bicyclic) bond motifs is 5. The smallest absolute Gasteiger partial charge is 0.139 e. The van der Waals surface area contributed by atoms with Gasteiger partial charge in [0.25, 0.3) is 0 Å². The quantitative estimate of drug-likeness (QED) is 0.588. The molecule has 0 aliphatic heterocycles. The fourth-order valence-corrected chi connectivity index (χ4v) is 7.41. The van der Waals surface area contributed by atoms with Crippen LogP contribution < -0.4 is 0 Å². The highest BCUT2D eigenvalue weighted by molar-refractivity contribution is 5.87. The van der Waals surface area contributed by atoms with Crippen LogP contribution in [0.1, 0.15) is 88.5 Å². The molecule has 1 N–H and O–H groups in total. The Morgan fingerprint density at radius 3 is 2.94 bits per heavy atom. The molecule has 0 saturated heterocycles. The van der Waals surface area contributed by atoms with Crippen LogP contribution in [-0.2, 0) is 24.2 Å². The van der Waals surface area contributed by atoms with E-state index < -0.39 is 0 Å². The number of hydrogen-bond donors (Lipinski definition) is 1. The van der Waals surface area contributed by atoms with Crippen molar-refractivity contribution in [1.82, 2.24) is 15.0 Å². The maximum Gasteiger partial charge on any atom is 0.139 e. The number of Topliss-reactive ketones (excluding diaryl/α,β-unsaturated/α-hetero) is 1. The zero-order valence-electron chi connectivity index (χ0n) is 20.5. The van der Waals surface area contributed by atoms with E-state index in [1.807, 2.05) is 16.8 Å². The summed E-state index contributed by atoms with van der Waals surface area (Å²) in [4.78, 5) is 13.2. The predicted octanol–water partition coefficient (Wildman–Crippen LogP) is 5.70. The molecule has 5 heteroatoms. The number of aromatic nitrogens is 3. The summed E-state index contributed by atoms with van der Waals surface area (Å²) < 4.78 is 2.00. The largest absolute Gasteiger partial charge is 0.508 e. The average Bonchev–Trinajstić information content (AvgIpc) is 3.34. The van der Waals surface area contributed by atoms with Crippen molar-refractivity contribution in [2.75, 3.05) is 0 Å². The number of phenols is 1. The predicted molar refractivity (Wildman–Crippen MR) is 129 cm³/mol. The second kappa shape index (κ2) is 8.88. The summed E-state index contributed by atoms with van der Waals surface area (Å²) >= 11 is 0. The van der Waals surface area contributed by atoms with Gasteiger partial charge in [-0.15, -0.1) is 5.10 Å². The van der Waals surface area contributed by atoms with Gasteiger partial charge in [0.15, 0.2) is 0 Å². The number of phenolic OH excluding ortho intramolecular Hbond substituents is 1. The zero-order chi connectivity index (χ0) is 23.2. The molecule has 1 aromatic carbocycles. The molecule has 3 aliphatic rings. The van der Waals surface area contributed by atoms with Crippen LogP contribution in [0.3, 0.4) is 0 Å². The van der Waals surface area contributed by atoms with Gasteiger partial charge in [0.1, 0.15) is 11.5 Å². The molecule has 0 bridgehead atoms. The lowest BCUT2D eigenvalue weighted by molar-refractivity contribution is -0.129. The van der Waals surface area contributed by atoms with Crippen LogP contribution in [0.2, 0.25) is 0 Å². The van der Waals surface area contributed by atoms with Crippen molar-refractivity contribution in [3.8, 4) is 5.75 Å². The van der Waals surface area contributed by atoms with Crippen LogP contribution in [-0.4, -0.2) is 25.9 Å². The molecule has 5 nitrogen and oxygen atoms in total. The van der Waals surface area contributed by atoms with Crippen LogP contribution in [0.15, 0.2) is 24.4 Å². The molecular weight excluding hydrogens is 410 g/mol. The normalized spacial score (nSPS) is 30.8. The van der Waals surface area contributed by atoms with Crippen LogP contribution in [0.25, 0.3) is 0 Å². The van der Waals surface area contributed by atoms with Gasteiger partial charge in [-0.25, -0.2) is 0 Å². The SMILES string of the molecule is CC(C)CCc1cn(CCC[C@@H]2CC(=O)[C@@]3(C)CC[C@@H]4c5ccc(O)cc5CC[C@H]4[C@H]23)nn1. The van der Waals surface area contributed by atoms with Crippen LogP contribution in [0, 0.1) is 29.1 Å². The topological polar surface area (TPSA) is 68.0 Å². The van der Waals surface area contributed by atoms with Crippen molar-refractivity contribution in [3.05, 3.63) is 41.2 Å². The number of aromatic hydroxyl groups is 1. The molecule has 1 aromatic heterocycles. The Balaban J connectivity index is 1.26. The summed E-state index contributed by atoms with van der Waals surface area (Å²) in [6.07, 6.45) is 11.4. The van der Waals surface area contributed by atoms with Crippen molar-refractivity contribution < 1.29 is 9.90 Å². The number of carbonyl (C=O) groups excluding carboxylic acids is 1. The molecule has 2 saturated carbocycles. The van der Waals surface area contributed by atoms with E-state index >= 15 is 0 Å². The van der Waals surface area contributed by atoms with Crippen LogP contribution >= 0.6 is 0 Å². The molecule has 0 radical (unpaired) electrons. The average molecular weight is 450 g/mol. The molecule has 0 spiro atoms. The molecular formula is C28H39N3O2. The van der Waals surface area contributed by atoms with E-state index in [-0.39, 0.29) is 5.41 Å². The van der Waals surface area contributed by atoms with Gasteiger partial charge in [0, 0.05) is 24.6 Å². The minimum atomic E-state index is -0.141. The molecule has 5 rings (SSSR count). The maximum atomic E-state index is 13.2. The van der Waals surface area contributed by atoms with Crippen molar-refractivity contribution >= 4 is 5.78 Å². The Morgan fingerprint density at radius 1 is 1.27 bits per heavy atom. The van der Waals surface area contributed by atoms with Gasteiger partial charge in [-0.1, -0.05) is 32.1 Å². The van der Waals surface area contributed by atoms with Crippen molar-refractivity contribution in [2.45, 2.75) is 91.0 Å². The summed E-state index contributed by atoms with van der Waals surface area (Å²) in [7, 11) is 0. The maximum absolute atomic E-state index is 13.2. The minimum absolute atomic E-state index is 0.141. The summed E-state index contributed by atoms with van der Waals surface area (Å²) in [5.41, 5.74) is 3.70. The number of nitrogens with zero attached hydrogens (tertiary/aromatic N) is 3. The van der Waals surface area contributed by atoms with Crippen molar-refractivity contribution in [3.63, 3.8) is 0 Å². The molecule has 0 unspecified atom stereocenters. The molecule has 3 aliphatic carbocycles. The molecule has 5 atom stereocenters. The van der Waals surface area contributed by atoms with Crippen LogP contribution in [0.4, 0.5) is 0 Å².